The van der Waals surface area contributed by atoms with Crippen LogP contribution in [0.25, 0.3) is 0 Å². The number of hydrogen-bond donors (Lipinski definition) is 1. The summed E-state index contributed by atoms with van der Waals surface area (Å²) in [5.74, 6) is 0.746. The maximum absolute atomic E-state index is 12.6. The molecule has 0 saturated carbocycles. The van der Waals surface area contributed by atoms with E-state index in [0.717, 1.165) is 37.2 Å². The van der Waals surface area contributed by atoms with Crippen LogP contribution in [0.1, 0.15) is 23.1 Å². The second-order valence-electron chi connectivity index (χ2n) is 7.09. The number of alkyl halides is 3. The number of carbonyl (C=O) groups is 1. The molecule has 0 spiro atoms. The Hall–Kier alpha value is -2.54. The Morgan fingerprint density at radius 3 is 2.32 bits per heavy atom. The Balaban J connectivity index is 1.46. The monoisotopic (exact) mass is 392 g/mol. The molecule has 1 aliphatic heterocycles. The Bertz CT molecular complexity index is 789. The van der Waals surface area contributed by atoms with Crippen molar-refractivity contribution in [1.29, 1.82) is 0 Å². The minimum absolute atomic E-state index is 0.0522. The molecule has 0 unspecified atom stereocenters. The molecule has 2 aromatic rings. The second kappa shape index (κ2) is 8.65. The van der Waals surface area contributed by atoms with Crippen LogP contribution < -0.4 is 10.1 Å². The predicted octanol–water partition coefficient (Wildman–Crippen LogP) is 3.85. The average Bonchev–Trinajstić information content (AvgIpc) is 3.11. The summed E-state index contributed by atoms with van der Waals surface area (Å²) in [6.07, 6.45) is -3.45. The zero-order chi connectivity index (χ0) is 20.1. The van der Waals surface area contributed by atoms with E-state index in [9.17, 15) is 18.0 Å². The normalized spacial score (nSPS) is 17.5. The van der Waals surface area contributed by atoms with Gasteiger partial charge in [0.25, 0.3) is 0 Å². The molecule has 1 fully saturated rings. The molecular formula is C21H23F3N2O2. The van der Waals surface area contributed by atoms with Gasteiger partial charge in [0.2, 0.25) is 5.91 Å². The number of nitrogens with zero attached hydrogens (tertiary/aromatic N) is 1. The van der Waals surface area contributed by atoms with E-state index >= 15 is 0 Å². The van der Waals surface area contributed by atoms with Crippen LogP contribution in [-0.4, -0.2) is 30.9 Å². The molecule has 150 valence electrons. The van der Waals surface area contributed by atoms with E-state index < -0.39 is 11.7 Å². The standard InChI is InChI=1S/C21H23F3N2O2/c1-26-11-10-17(13-26)20(27)25-12-15-4-8-19(9-5-15)28-14-16-2-6-18(7-3-16)21(22,23)24/h2-9,17H,10-14H2,1H3,(H,25,27)/t17-/m0/s1. The van der Waals surface area contributed by atoms with Crippen molar-refractivity contribution in [2.24, 2.45) is 5.92 Å². The van der Waals surface area contributed by atoms with Crippen molar-refractivity contribution in [1.82, 2.24) is 10.2 Å². The number of benzene rings is 2. The summed E-state index contributed by atoms with van der Waals surface area (Å²) in [6, 6.07) is 12.2. The maximum atomic E-state index is 12.6. The summed E-state index contributed by atoms with van der Waals surface area (Å²) in [5, 5.41) is 2.96. The lowest BCUT2D eigenvalue weighted by Crippen LogP contribution is -2.31. The maximum Gasteiger partial charge on any atom is 0.416 e. The first-order valence-electron chi connectivity index (χ1n) is 9.15. The molecule has 1 atom stereocenters. The van der Waals surface area contributed by atoms with E-state index in [1.54, 1.807) is 12.1 Å². The van der Waals surface area contributed by atoms with Crippen molar-refractivity contribution in [3.63, 3.8) is 0 Å². The Kier molecular flexibility index (Phi) is 6.24. The van der Waals surface area contributed by atoms with Crippen LogP contribution in [0.3, 0.4) is 0 Å². The largest absolute Gasteiger partial charge is 0.489 e. The first kappa shape index (κ1) is 20.2. The van der Waals surface area contributed by atoms with Crippen molar-refractivity contribution in [2.75, 3.05) is 20.1 Å². The summed E-state index contributed by atoms with van der Waals surface area (Å²) in [7, 11) is 2.01. The topological polar surface area (TPSA) is 41.6 Å². The number of carbonyl (C=O) groups excluding carboxylic acids is 1. The quantitative estimate of drug-likeness (QED) is 0.812. The first-order chi connectivity index (χ1) is 13.3. The van der Waals surface area contributed by atoms with Crippen LogP contribution >= 0.6 is 0 Å². The van der Waals surface area contributed by atoms with Crippen molar-refractivity contribution in [3.8, 4) is 5.75 Å². The molecule has 3 rings (SSSR count). The molecule has 1 aliphatic rings. The number of hydrogen-bond acceptors (Lipinski definition) is 3. The van der Waals surface area contributed by atoms with Crippen molar-refractivity contribution >= 4 is 5.91 Å². The van der Waals surface area contributed by atoms with Crippen LogP contribution in [0.4, 0.5) is 13.2 Å². The van der Waals surface area contributed by atoms with E-state index in [1.807, 2.05) is 19.2 Å². The fraction of sp³-hybridized carbons (Fsp3) is 0.381. The number of likely N-dealkylation sites (tertiary alicyclic amines) is 1. The van der Waals surface area contributed by atoms with Crippen molar-refractivity contribution in [3.05, 3.63) is 65.2 Å². The number of amides is 1. The van der Waals surface area contributed by atoms with Crippen molar-refractivity contribution in [2.45, 2.75) is 25.7 Å². The summed E-state index contributed by atoms with van der Waals surface area (Å²) < 4.78 is 43.3. The molecule has 0 aliphatic carbocycles. The van der Waals surface area contributed by atoms with E-state index in [1.165, 1.54) is 12.1 Å². The Morgan fingerprint density at radius 1 is 1.11 bits per heavy atom. The van der Waals surface area contributed by atoms with Gasteiger partial charge in [0.1, 0.15) is 12.4 Å². The molecular weight excluding hydrogens is 369 g/mol. The summed E-state index contributed by atoms with van der Waals surface area (Å²) in [4.78, 5) is 14.3. The summed E-state index contributed by atoms with van der Waals surface area (Å²) in [5.41, 5.74) is 0.944. The molecule has 0 radical (unpaired) electrons. The van der Waals surface area contributed by atoms with Gasteiger partial charge in [-0.2, -0.15) is 13.2 Å². The zero-order valence-electron chi connectivity index (χ0n) is 15.6. The fourth-order valence-electron chi connectivity index (χ4n) is 3.14. The smallest absolute Gasteiger partial charge is 0.416 e. The molecule has 1 amide bonds. The lowest BCUT2D eigenvalue weighted by atomic mass is 10.1. The molecule has 0 aromatic heterocycles. The van der Waals surface area contributed by atoms with Gasteiger partial charge in [-0.1, -0.05) is 24.3 Å². The predicted molar refractivity (Wildman–Crippen MR) is 99.7 cm³/mol. The minimum Gasteiger partial charge on any atom is -0.489 e. The third kappa shape index (κ3) is 5.48. The van der Waals surface area contributed by atoms with Gasteiger partial charge >= 0.3 is 6.18 Å². The molecule has 1 N–H and O–H groups in total. The molecule has 7 heteroatoms. The number of rotatable bonds is 6. The second-order valence-corrected chi connectivity index (χ2v) is 7.09. The SMILES string of the molecule is CN1CC[C@H](C(=O)NCc2ccc(OCc3ccc(C(F)(F)F)cc3)cc2)C1. The molecule has 2 aromatic carbocycles. The number of halogens is 3. The van der Waals surface area contributed by atoms with Crippen LogP contribution in [0, 0.1) is 5.92 Å². The van der Waals surface area contributed by atoms with E-state index in [-0.39, 0.29) is 18.4 Å². The molecule has 1 heterocycles. The van der Waals surface area contributed by atoms with Crippen molar-refractivity contribution < 1.29 is 22.7 Å². The molecule has 1 saturated heterocycles. The van der Waals surface area contributed by atoms with E-state index in [4.69, 9.17) is 4.74 Å². The molecule has 4 nitrogen and oxygen atoms in total. The zero-order valence-corrected chi connectivity index (χ0v) is 15.6. The lowest BCUT2D eigenvalue weighted by Gasteiger charge is -2.12. The van der Waals surface area contributed by atoms with E-state index in [2.05, 4.69) is 10.2 Å². The van der Waals surface area contributed by atoms with Crippen LogP contribution in [0.15, 0.2) is 48.5 Å². The third-order valence-electron chi connectivity index (χ3n) is 4.84. The average molecular weight is 392 g/mol. The summed E-state index contributed by atoms with van der Waals surface area (Å²) in [6.45, 7) is 2.38. The van der Waals surface area contributed by atoms with Gasteiger partial charge in [0, 0.05) is 13.1 Å². The lowest BCUT2D eigenvalue weighted by molar-refractivity contribution is -0.137. The van der Waals surface area contributed by atoms with Crippen LogP contribution in [0.2, 0.25) is 0 Å². The van der Waals surface area contributed by atoms with Crippen LogP contribution in [0.5, 0.6) is 5.75 Å². The minimum atomic E-state index is -4.33. The molecule has 0 bridgehead atoms. The van der Waals surface area contributed by atoms with Crippen LogP contribution in [-0.2, 0) is 24.1 Å². The third-order valence-corrected chi connectivity index (χ3v) is 4.84. The van der Waals surface area contributed by atoms with Gasteiger partial charge in [-0.15, -0.1) is 0 Å². The van der Waals surface area contributed by atoms with Gasteiger partial charge in [0.05, 0.1) is 11.5 Å². The van der Waals surface area contributed by atoms with Gasteiger partial charge in [-0.25, -0.2) is 0 Å². The Morgan fingerprint density at radius 2 is 1.75 bits per heavy atom. The van der Waals surface area contributed by atoms with E-state index in [0.29, 0.717) is 17.9 Å². The number of ether oxygens (including phenoxy) is 1. The highest BCUT2D eigenvalue weighted by Gasteiger charge is 2.30. The highest BCUT2D eigenvalue weighted by Crippen LogP contribution is 2.29. The Labute approximate surface area is 162 Å². The highest BCUT2D eigenvalue weighted by atomic mass is 19.4. The summed E-state index contributed by atoms with van der Waals surface area (Å²) >= 11 is 0. The fourth-order valence-corrected chi connectivity index (χ4v) is 3.14. The van der Waals surface area contributed by atoms with Gasteiger partial charge < -0.3 is 15.0 Å². The van der Waals surface area contributed by atoms with Gasteiger partial charge in [-0.3, -0.25) is 4.79 Å². The highest BCUT2D eigenvalue weighted by molar-refractivity contribution is 5.79. The number of nitrogens with one attached hydrogen (secondary N) is 1. The van der Waals surface area contributed by atoms with Gasteiger partial charge in [-0.05, 0) is 55.4 Å². The molecule has 28 heavy (non-hydrogen) atoms. The van der Waals surface area contributed by atoms with Gasteiger partial charge in [0.15, 0.2) is 0 Å². The first-order valence-corrected chi connectivity index (χ1v) is 9.15.